The average molecular weight is 313 g/mol. The van der Waals surface area contributed by atoms with Crippen molar-refractivity contribution in [1.29, 1.82) is 0 Å². The highest BCUT2D eigenvalue weighted by Crippen LogP contribution is 2.35. The zero-order valence-corrected chi connectivity index (χ0v) is 12.8. The summed E-state index contributed by atoms with van der Waals surface area (Å²) in [5, 5.41) is 22.0. The van der Waals surface area contributed by atoms with Gasteiger partial charge in [0.1, 0.15) is 22.3 Å². The minimum Gasteiger partial charge on any atom is -0.508 e. The molecule has 1 heterocycles. The Labute approximate surface area is 132 Å². The zero-order chi connectivity index (χ0) is 15.5. The first-order chi connectivity index (χ1) is 10.7. The van der Waals surface area contributed by atoms with Crippen molar-refractivity contribution in [3.8, 4) is 39.1 Å². The van der Waals surface area contributed by atoms with Crippen LogP contribution in [-0.2, 0) is 0 Å². The second-order valence-corrected chi connectivity index (χ2v) is 5.55. The van der Waals surface area contributed by atoms with Crippen LogP contribution >= 0.6 is 11.3 Å². The molecule has 0 saturated heterocycles. The molecule has 4 nitrogen and oxygen atoms in total. The fourth-order valence-corrected chi connectivity index (χ4v) is 2.95. The number of aromatic nitrogens is 1. The molecule has 0 saturated carbocycles. The van der Waals surface area contributed by atoms with E-state index in [1.165, 1.54) is 23.5 Å². The van der Waals surface area contributed by atoms with E-state index < -0.39 is 0 Å². The number of hydrogen-bond donors (Lipinski definition) is 2. The number of aromatic hydroxyl groups is 2. The van der Waals surface area contributed by atoms with Crippen molar-refractivity contribution in [2.75, 3.05) is 6.61 Å². The average Bonchev–Trinajstić information content (AvgIpc) is 2.98. The standard InChI is InChI=1S/C17H15NO3S/c1-2-21-13-6-3-11(4-7-13)17-18-15(10-22-17)14-8-5-12(19)9-16(14)20/h3-10,19-20H,2H2,1H3. The van der Waals surface area contributed by atoms with Crippen molar-refractivity contribution < 1.29 is 14.9 Å². The minimum atomic E-state index is 0.0172. The van der Waals surface area contributed by atoms with Crippen LogP contribution in [0.25, 0.3) is 21.8 Å². The van der Waals surface area contributed by atoms with Crippen molar-refractivity contribution >= 4 is 11.3 Å². The number of nitrogens with zero attached hydrogens (tertiary/aromatic N) is 1. The Balaban J connectivity index is 1.90. The van der Waals surface area contributed by atoms with Crippen LogP contribution in [0.5, 0.6) is 17.2 Å². The predicted molar refractivity (Wildman–Crippen MR) is 87.5 cm³/mol. The maximum absolute atomic E-state index is 9.91. The molecule has 112 valence electrons. The lowest BCUT2D eigenvalue weighted by Gasteiger charge is -2.03. The summed E-state index contributed by atoms with van der Waals surface area (Å²) in [4.78, 5) is 4.55. The molecule has 0 aliphatic heterocycles. The van der Waals surface area contributed by atoms with Crippen molar-refractivity contribution in [2.24, 2.45) is 0 Å². The Morgan fingerprint density at radius 3 is 2.55 bits per heavy atom. The minimum absolute atomic E-state index is 0.0172. The molecule has 0 unspecified atom stereocenters. The first-order valence-electron chi connectivity index (χ1n) is 6.88. The van der Waals surface area contributed by atoms with Gasteiger partial charge in [0.25, 0.3) is 0 Å². The molecule has 0 aliphatic carbocycles. The number of thiazole rings is 1. The van der Waals surface area contributed by atoms with Gasteiger partial charge in [-0.2, -0.15) is 0 Å². The fraction of sp³-hybridized carbons (Fsp3) is 0.118. The van der Waals surface area contributed by atoms with Crippen molar-refractivity contribution in [2.45, 2.75) is 6.92 Å². The van der Waals surface area contributed by atoms with Gasteiger partial charge in [0.15, 0.2) is 0 Å². The van der Waals surface area contributed by atoms with E-state index >= 15 is 0 Å². The van der Waals surface area contributed by atoms with Gasteiger partial charge in [-0.3, -0.25) is 0 Å². The molecule has 3 aromatic rings. The van der Waals surface area contributed by atoms with Crippen molar-refractivity contribution in [3.63, 3.8) is 0 Å². The van der Waals surface area contributed by atoms with E-state index in [-0.39, 0.29) is 11.5 Å². The quantitative estimate of drug-likeness (QED) is 0.754. The third-order valence-electron chi connectivity index (χ3n) is 3.17. The fourth-order valence-electron chi connectivity index (χ4n) is 2.13. The summed E-state index contributed by atoms with van der Waals surface area (Å²) in [5.74, 6) is 0.881. The van der Waals surface area contributed by atoms with Gasteiger partial charge in [-0.05, 0) is 43.3 Å². The lowest BCUT2D eigenvalue weighted by atomic mass is 10.1. The molecular weight excluding hydrogens is 298 g/mol. The van der Waals surface area contributed by atoms with Gasteiger partial charge in [0, 0.05) is 22.6 Å². The molecule has 0 radical (unpaired) electrons. The largest absolute Gasteiger partial charge is 0.508 e. The van der Waals surface area contributed by atoms with Crippen LogP contribution in [0.3, 0.4) is 0 Å². The predicted octanol–water partition coefficient (Wildman–Crippen LogP) is 4.29. The van der Waals surface area contributed by atoms with Gasteiger partial charge in [0.05, 0.1) is 12.3 Å². The summed E-state index contributed by atoms with van der Waals surface area (Å²) < 4.78 is 5.42. The Bertz CT molecular complexity index is 781. The summed E-state index contributed by atoms with van der Waals surface area (Å²) in [7, 11) is 0. The van der Waals surface area contributed by atoms with Crippen LogP contribution in [0.1, 0.15) is 6.92 Å². The Morgan fingerprint density at radius 2 is 1.86 bits per heavy atom. The summed E-state index contributed by atoms with van der Waals surface area (Å²) in [5.41, 5.74) is 2.29. The monoisotopic (exact) mass is 313 g/mol. The third-order valence-corrected chi connectivity index (χ3v) is 4.07. The second kappa shape index (κ2) is 6.07. The van der Waals surface area contributed by atoms with E-state index in [9.17, 15) is 10.2 Å². The molecule has 0 fully saturated rings. The molecule has 2 N–H and O–H groups in total. The van der Waals surface area contributed by atoms with Crippen molar-refractivity contribution in [1.82, 2.24) is 4.98 Å². The van der Waals surface area contributed by atoms with E-state index in [0.717, 1.165) is 16.3 Å². The summed E-state index contributed by atoms with van der Waals surface area (Å²) in [6.45, 7) is 2.59. The highest BCUT2D eigenvalue weighted by atomic mass is 32.1. The Kier molecular flexibility index (Phi) is 3.98. The van der Waals surface area contributed by atoms with E-state index in [1.807, 2.05) is 36.6 Å². The first-order valence-corrected chi connectivity index (χ1v) is 7.76. The van der Waals surface area contributed by atoms with Gasteiger partial charge < -0.3 is 14.9 Å². The third kappa shape index (κ3) is 2.89. The number of benzene rings is 2. The highest BCUT2D eigenvalue weighted by Gasteiger charge is 2.11. The van der Waals surface area contributed by atoms with Crippen LogP contribution in [0.15, 0.2) is 47.8 Å². The number of phenolic OH excluding ortho intramolecular Hbond substituents is 2. The maximum atomic E-state index is 9.91. The van der Waals surface area contributed by atoms with Gasteiger partial charge in [0.2, 0.25) is 0 Å². The molecule has 1 aromatic heterocycles. The molecule has 0 amide bonds. The summed E-state index contributed by atoms with van der Waals surface area (Å²) >= 11 is 1.50. The maximum Gasteiger partial charge on any atom is 0.128 e. The number of ether oxygens (including phenoxy) is 1. The van der Waals surface area contributed by atoms with E-state index in [0.29, 0.717) is 17.9 Å². The molecule has 0 atom stereocenters. The van der Waals surface area contributed by atoms with Crippen LogP contribution in [0.4, 0.5) is 0 Å². The molecular formula is C17H15NO3S. The first kappa shape index (κ1) is 14.4. The molecule has 2 aromatic carbocycles. The highest BCUT2D eigenvalue weighted by molar-refractivity contribution is 7.13. The molecule has 0 aliphatic rings. The lowest BCUT2D eigenvalue weighted by Crippen LogP contribution is -1.90. The molecule has 0 spiro atoms. The number of hydrogen-bond acceptors (Lipinski definition) is 5. The Morgan fingerprint density at radius 1 is 1.09 bits per heavy atom. The SMILES string of the molecule is CCOc1ccc(-c2nc(-c3ccc(O)cc3O)cs2)cc1. The van der Waals surface area contributed by atoms with Gasteiger partial charge in [-0.25, -0.2) is 4.98 Å². The summed E-state index contributed by atoms with van der Waals surface area (Å²) in [6.07, 6.45) is 0. The van der Waals surface area contributed by atoms with Crippen LogP contribution in [0, 0.1) is 0 Å². The smallest absolute Gasteiger partial charge is 0.128 e. The normalized spacial score (nSPS) is 10.6. The van der Waals surface area contributed by atoms with E-state index in [2.05, 4.69) is 4.98 Å². The Hall–Kier alpha value is -2.53. The summed E-state index contributed by atoms with van der Waals surface area (Å²) in [6, 6.07) is 12.3. The number of phenols is 2. The van der Waals surface area contributed by atoms with E-state index in [4.69, 9.17) is 4.74 Å². The van der Waals surface area contributed by atoms with Crippen LogP contribution in [0.2, 0.25) is 0 Å². The van der Waals surface area contributed by atoms with Crippen molar-refractivity contribution in [3.05, 3.63) is 47.8 Å². The van der Waals surface area contributed by atoms with Gasteiger partial charge >= 0.3 is 0 Å². The second-order valence-electron chi connectivity index (χ2n) is 4.70. The van der Waals surface area contributed by atoms with Crippen LogP contribution < -0.4 is 4.74 Å². The molecule has 22 heavy (non-hydrogen) atoms. The van der Waals surface area contributed by atoms with Crippen LogP contribution in [-0.4, -0.2) is 21.8 Å². The topological polar surface area (TPSA) is 62.6 Å². The molecule has 3 rings (SSSR count). The zero-order valence-electron chi connectivity index (χ0n) is 12.0. The van der Waals surface area contributed by atoms with E-state index in [1.54, 1.807) is 6.07 Å². The molecule has 0 bridgehead atoms. The lowest BCUT2D eigenvalue weighted by molar-refractivity contribution is 0.340. The number of rotatable bonds is 4. The van der Waals surface area contributed by atoms with Gasteiger partial charge in [-0.15, -0.1) is 11.3 Å². The molecule has 5 heteroatoms. The van der Waals surface area contributed by atoms with Gasteiger partial charge in [-0.1, -0.05) is 0 Å².